The number of fused-ring (bicyclic) bond motifs is 4. The molecule has 13 heteroatoms. The molecular formula is C30H31ClN6O4S2. The highest BCUT2D eigenvalue weighted by molar-refractivity contribution is 7.93. The fourth-order valence-electron chi connectivity index (χ4n) is 6.34. The molecule has 1 spiro atoms. The number of carbonyl (C=O) groups is 1. The second-order valence-corrected chi connectivity index (χ2v) is 15.4. The topological polar surface area (TPSA) is 136 Å². The highest BCUT2D eigenvalue weighted by Gasteiger charge is 2.54. The van der Waals surface area contributed by atoms with E-state index >= 15 is 0 Å². The lowest BCUT2D eigenvalue weighted by Gasteiger charge is -2.37. The summed E-state index contributed by atoms with van der Waals surface area (Å²) < 4.78 is 49.8. The highest BCUT2D eigenvalue weighted by atomic mass is 35.5. The van der Waals surface area contributed by atoms with Crippen LogP contribution in [0, 0.1) is 4.78 Å². The number of rotatable bonds is 5. The summed E-state index contributed by atoms with van der Waals surface area (Å²) >= 11 is 0. The van der Waals surface area contributed by atoms with Gasteiger partial charge in [0.1, 0.15) is 0 Å². The number of sulfonamides is 1. The molecule has 4 aromatic rings. The minimum Gasteiger partial charge on any atom is -0.353 e. The SMILES string of the molecule is CN1C(=O)C2(CCC2)c2c1cnc1ccc(-c3cnc(N4CCS(=N)(=O)CC4)c(NS(=O)(=O)c4ccccc4)c3)cc21.Cl. The number of nitrogens with one attached hydrogen (secondary N) is 2. The number of hydrogen-bond acceptors (Lipinski definition) is 8. The number of pyridine rings is 2. The molecule has 0 atom stereocenters. The van der Waals surface area contributed by atoms with Gasteiger partial charge in [0.15, 0.2) is 5.82 Å². The third-order valence-corrected chi connectivity index (χ3v) is 11.9. The Balaban J connectivity index is 0.00000329. The average molecular weight is 639 g/mol. The summed E-state index contributed by atoms with van der Waals surface area (Å²) in [6.45, 7) is 0.679. The molecular weight excluding hydrogens is 608 g/mol. The van der Waals surface area contributed by atoms with E-state index in [1.54, 1.807) is 48.6 Å². The maximum absolute atomic E-state index is 13.4. The number of anilines is 3. The molecule has 2 fully saturated rings. The monoisotopic (exact) mass is 638 g/mol. The van der Waals surface area contributed by atoms with Crippen LogP contribution in [0.1, 0.15) is 24.8 Å². The fourth-order valence-corrected chi connectivity index (χ4v) is 8.65. The predicted octanol–water partition coefficient (Wildman–Crippen LogP) is 4.78. The van der Waals surface area contributed by atoms with E-state index in [4.69, 9.17) is 9.76 Å². The first-order valence-corrected chi connectivity index (χ1v) is 17.2. The lowest BCUT2D eigenvalue weighted by molar-refractivity contribution is -0.125. The first-order chi connectivity index (χ1) is 20.1. The molecule has 0 bridgehead atoms. The van der Waals surface area contributed by atoms with E-state index < -0.39 is 25.2 Å². The number of likely N-dealkylation sites (N-methyl/N-ethyl adjacent to an activating group) is 1. The van der Waals surface area contributed by atoms with Crippen molar-refractivity contribution in [1.29, 1.82) is 4.78 Å². The maximum Gasteiger partial charge on any atom is 0.262 e. The average Bonchev–Trinajstić information content (AvgIpc) is 3.20. The number of hydrogen-bond donors (Lipinski definition) is 2. The van der Waals surface area contributed by atoms with Crippen LogP contribution in [0.25, 0.3) is 22.0 Å². The van der Waals surface area contributed by atoms with Gasteiger partial charge in [-0.1, -0.05) is 30.7 Å². The van der Waals surface area contributed by atoms with Gasteiger partial charge in [-0.05, 0) is 48.7 Å². The summed E-state index contributed by atoms with van der Waals surface area (Å²) in [5.41, 5.74) is 3.98. The summed E-state index contributed by atoms with van der Waals surface area (Å²) in [4.78, 5) is 26.3. The number of amides is 1. The fraction of sp³-hybridized carbons (Fsp3) is 0.300. The van der Waals surface area contributed by atoms with Crippen LogP contribution >= 0.6 is 12.4 Å². The Hall–Kier alpha value is -3.74. The molecule has 7 rings (SSSR count). The molecule has 1 saturated heterocycles. The van der Waals surface area contributed by atoms with Crippen LogP contribution in [-0.4, -0.2) is 60.1 Å². The molecule has 2 aromatic heterocycles. The number of halogens is 1. The molecule has 3 aliphatic rings. The zero-order valence-electron chi connectivity index (χ0n) is 23.4. The molecule has 4 heterocycles. The molecule has 1 amide bonds. The molecule has 2 aliphatic heterocycles. The molecule has 0 unspecified atom stereocenters. The van der Waals surface area contributed by atoms with E-state index in [1.165, 1.54) is 12.1 Å². The highest BCUT2D eigenvalue weighted by Crippen LogP contribution is 2.55. The standard InChI is InChI=1S/C30H30N6O4S2.ClH/c1-35-26-19-32-24-9-8-20(16-23(24)27(26)30(29(35)37)10-5-11-30)21-17-25(34-42(39,40)22-6-3-2-4-7-22)28(33-18-21)36-12-14-41(31,38)15-13-36;/h2-4,6-9,16-19,31,34H,5,10-15H2,1H3;1H. The summed E-state index contributed by atoms with van der Waals surface area (Å²) in [7, 11) is -4.77. The van der Waals surface area contributed by atoms with Gasteiger partial charge in [-0.2, -0.15) is 0 Å². The summed E-state index contributed by atoms with van der Waals surface area (Å²) in [6.07, 6.45) is 6.12. The van der Waals surface area contributed by atoms with E-state index in [2.05, 4.69) is 9.71 Å². The number of aromatic nitrogens is 2. The van der Waals surface area contributed by atoms with E-state index in [1.807, 2.05) is 23.1 Å². The molecule has 2 N–H and O–H groups in total. The van der Waals surface area contributed by atoms with Crippen LogP contribution in [-0.2, 0) is 30.0 Å². The van der Waals surface area contributed by atoms with Crippen LogP contribution in [0.4, 0.5) is 17.2 Å². The normalized spacial score (nSPS) is 18.7. The molecule has 1 aliphatic carbocycles. The molecule has 43 heavy (non-hydrogen) atoms. The van der Waals surface area contributed by atoms with Gasteiger partial charge in [0.05, 0.1) is 33.4 Å². The van der Waals surface area contributed by atoms with Gasteiger partial charge in [-0.3, -0.25) is 19.3 Å². The van der Waals surface area contributed by atoms with Gasteiger partial charge in [0.2, 0.25) is 5.91 Å². The Kier molecular flexibility index (Phi) is 7.14. The lowest BCUT2D eigenvalue weighted by atomic mass is 9.64. The van der Waals surface area contributed by atoms with Gasteiger partial charge in [0, 0.05) is 64.1 Å². The van der Waals surface area contributed by atoms with Crippen LogP contribution in [0.5, 0.6) is 0 Å². The van der Waals surface area contributed by atoms with Crippen molar-refractivity contribution in [3.63, 3.8) is 0 Å². The third kappa shape index (κ3) is 4.81. The first kappa shape index (κ1) is 29.3. The molecule has 224 valence electrons. The number of carbonyl (C=O) groups excluding carboxylic acids is 1. The molecule has 2 aromatic carbocycles. The molecule has 1 saturated carbocycles. The Bertz CT molecular complexity index is 1970. The second kappa shape index (κ2) is 10.5. The van der Waals surface area contributed by atoms with Crippen LogP contribution in [0.15, 0.2) is 71.9 Å². The summed E-state index contributed by atoms with van der Waals surface area (Å²) in [5, 5.41) is 0.916. The van der Waals surface area contributed by atoms with Crippen molar-refractivity contribution in [3.05, 3.63) is 72.6 Å². The zero-order chi connectivity index (χ0) is 29.3. The van der Waals surface area contributed by atoms with Crippen molar-refractivity contribution in [2.24, 2.45) is 0 Å². The van der Waals surface area contributed by atoms with Gasteiger partial charge < -0.3 is 9.80 Å². The predicted molar refractivity (Wildman–Crippen MR) is 171 cm³/mol. The van der Waals surface area contributed by atoms with Crippen molar-refractivity contribution in [3.8, 4) is 11.1 Å². The Labute approximate surface area is 257 Å². The quantitative estimate of drug-likeness (QED) is 0.321. The second-order valence-electron chi connectivity index (χ2n) is 11.3. The van der Waals surface area contributed by atoms with Gasteiger partial charge in [-0.25, -0.2) is 17.6 Å². The first-order valence-electron chi connectivity index (χ1n) is 13.9. The van der Waals surface area contributed by atoms with Crippen molar-refractivity contribution < 1.29 is 17.4 Å². The smallest absolute Gasteiger partial charge is 0.262 e. The van der Waals surface area contributed by atoms with E-state index in [9.17, 15) is 17.4 Å². The zero-order valence-corrected chi connectivity index (χ0v) is 25.9. The summed E-state index contributed by atoms with van der Waals surface area (Å²) in [6, 6.07) is 15.8. The van der Waals surface area contributed by atoms with Gasteiger partial charge in [-0.15, -0.1) is 12.4 Å². The Morgan fingerprint density at radius 1 is 0.977 bits per heavy atom. The number of nitrogens with zero attached hydrogens (tertiary/aromatic N) is 4. The minimum atomic E-state index is -3.93. The number of benzene rings is 2. The van der Waals surface area contributed by atoms with Crippen molar-refractivity contribution in [2.75, 3.05) is 46.2 Å². The maximum atomic E-state index is 13.4. The van der Waals surface area contributed by atoms with E-state index in [-0.39, 0.29) is 34.7 Å². The summed E-state index contributed by atoms with van der Waals surface area (Å²) in [5.74, 6) is 0.931. The van der Waals surface area contributed by atoms with Crippen LogP contribution in [0.3, 0.4) is 0 Å². The minimum absolute atomic E-state index is 0. The molecule has 10 nitrogen and oxygen atoms in total. The Morgan fingerprint density at radius 3 is 2.37 bits per heavy atom. The lowest BCUT2D eigenvalue weighted by Crippen LogP contribution is -2.43. The van der Waals surface area contributed by atoms with Crippen LogP contribution in [0.2, 0.25) is 0 Å². The van der Waals surface area contributed by atoms with Gasteiger partial charge >= 0.3 is 0 Å². The molecule has 0 radical (unpaired) electrons. The largest absolute Gasteiger partial charge is 0.353 e. The van der Waals surface area contributed by atoms with Crippen molar-refractivity contribution in [2.45, 2.75) is 29.6 Å². The van der Waals surface area contributed by atoms with Gasteiger partial charge in [0.25, 0.3) is 10.0 Å². The Morgan fingerprint density at radius 2 is 1.70 bits per heavy atom. The van der Waals surface area contributed by atoms with Crippen LogP contribution < -0.4 is 14.5 Å². The van der Waals surface area contributed by atoms with Crippen molar-refractivity contribution >= 4 is 66.2 Å². The van der Waals surface area contributed by atoms with E-state index in [0.717, 1.165) is 47.0 Å². The van der Waals surface area contributed by atoms with E-state index in [0.29, 0.717) is 30.2 Å². The van der Waals surface area contributed by atoms with Crippen molar-refractivity contribution in [1.82, 2.24) is 9.97 Å². The third-order valence-electron chi connectivity index (χ3n) is 8.79.